The summed E-state index contributed by atoms with van der Waals surface area (Å²) in [5.41, 5.74) is 7.49. The van der Waals surface area contributed by atoms with Crippen LogP contribution in [0.3, 0.4) is 0 Å². The molecule has 2 aliphatic rings. The molecular weight excluding hydrogens is 476 g/mol. The van der Waals surface area contributed by atoms with Gasteiger partial charge in [0.25, 0.3) is 5.56 Å². The fraction of sp³-hybridized carbons (Fsp3) is 0.0556. The standard InChI is InChI=1S/C36H24N2O/c39-36-31-21-27(24-12-6-2-7-13-24)20-30-28(25-14-8-3-9-15-25)17-18-29(34(30)31)35-37-32-22-26(16-19-33(32)38(35)36)23-10-4-1-5-11-23/h1-22,32-33H. The van der Waals surface area contributed by atoms with Gasteiger partial charge in [0.15, 0.2) is 0 Å². The maximum Gasteiger partial charge on any atom is 0.260 e. The molecule has 2 unspecified atom stereocenters. The second kappa shape index (κ2) is 8.50. The Balaban J connectivity index is 1.43. The fourth-order valence-corrected chi connectivity index (χ4v) is 6.24. The van der Waals surface area contributed by atoms with Gasteiger partial charge in [-0.3, -0.25) is 14.4 Å². The summed E-state index contributed by atoms with van der Waals surface area (Å²) in [4.78, 5) is 19.5. The van der Waals surface area contributed by atoms with Crippen LogP contribution in [0.5, 0.6) is 0 Å². The predicted molar refractivity (Wildman–Crippen MR) is 160 cm³/mol. The largest absolute Gasteiger partial charge is 0.283 e. The van der Waals surface area contributed by atoms with Crippen molar-refractivity contribution < 1.29 is 0 Å². The summed E-state index contributed by atoms with van der Waals surface area (Å²) >= 11 is 0. The highest BCUT2D eigenvalue weighted by atomic mass is 16.1. The van der Waals surface area contributed by atoms with Crippen LogP contribution in [-0.2, 0) is 0 Å². The number of hydrogen-bond donors (Lipinski definition) is 0. The summed E-state index contributed by atoms with van der Waals surface area (Å²) < 4.78 is 1.91. The first-order valence-electron chi connectivity index (χ1n) is 13.3. The second-order valence-corrected chi connectivity index (χ2v) is 10.3. The molecule has 1 aliphatic heterocycles. The van der Waals surface area contributed by atoms with Crippen molar-refractivity contribution >= 4 is 27.1 Å². The van der Waals surface area contributed by atoms with Crippen LogP contribution in [0.1, 0.15) is 11.6 Å². The molecule has 0 fully saturated rings. The van der Waals surface area contributed by atoms with Gasteiger partial charge in [0, 0.05) is 16.2 Å². The quantitative estimate of drug-likeness (QED) is 0.249. The van der Waals surface area contributed by atoms with Crippen molar-refractivity contribution in [3.05, 3.63) is 155 Å². The SMILES string of the molecule is O=c1c2cc(-c3ccccc3)cc3c(-c4ccccc4)ccc(c4n1C1C=CC(c5ccccc5)=CC1N=4)c32. The van der Waals surface area contributed by atoms with Crippen molar-refractivity contribution in [2.45, 2.75) is 12.1 Å². The average molecular weight is 501 g/mol. The monoisotopic (exact) mass is 500 g/mol. The molecule has 0 spiro atoms. The lowest BCUT2D eigenvalue weighted by molar-refractivity contribution is 0.579. The highest BCUT2D eigenvalue weighted by molar-refractivity contribution is 6.16. The molecule has 0 N–H and O–H groups in total. The van der Waals surface area contributed by atoms with Crippen molar-refractivity contribution in [2.24, 2.45) is 4.99 Å². The summed E-state index contributed by atoms with van der Waals surface area (Å²) in [5, 5.41) is 3.84. The zero-order valence-electron chi connectivity index (χ0n) is 21.2. The third-order valence-corrected chi connectivity index (χ3v) is 8.07. The first-order chi connectivity index (χ1) is 19.3. The Hall–Kier alpha value is -5.02. The van der Waals surface area contributed by atoms with E-state index >= 15 is 0 Å². The van der Waals surface area contributed by atoms with E-state index in [2.05, 4.69) is 103 Å². The Kier molecular flexibility index (Phi) is 4.80. The first kappa shape index (κ1) is 22.0. The summed E-state index contributed by atoms with van der Waals surface area (Å²) in [6.07, 6.45) is 6.48. The Morgan fingerprint density at radius 3 is 1.97 bits per heavy atom. The van der Waals surface area contributed by atoms with Crippen LogP contribution in [0.15, 0.2) is 143 Å². The molecule has 3 nitrogen and oxygen atoms in total. The number of rotatable bonds is 3. The zero-order chi connectivity index (χ0) is 25.9. The topological polar surface area (TPSA) is 34.4 Å². The molecule has 184 valence electrons. The van der Waals surface area contributed by atoms with Gasteiger partial charge < -0.3 is 0 Å². The van der Waals surface area contributed by atoms with Crippen molar-refractivity contribution in [1.29, 1.82) is 0 Å². The zero-order valence-corrected chi connectivity index (χ0v) is 21.2. The molecule has 0 saturated heterocycles. The van der Waals surface area contributed by atoms with E-state index < -0.39 is 0 Å². The van der Waals surface area contributed by atoms with Crippen LogP contribution >= 0.6 is 0 Å². The van der Waals surface area contributed by atoms with E-state index in [4.69, 9.17) is 4.99 Å². The van der Waals surface area contributed by atoms with Gasteiger partial charge in [-0.15, -0.1) is 0 Å². The predicted octanol–water partition coefficient (Wildman–Crippen LogP) is 7.40. The highest BCUT2D eigenvalue weighted by Crippen LogP contribution is 2.38. The number of pyridine rings is 1. The van der Waals surface area contributed by atoms with Crippen LogP contribution in [-0.4, -0.2) is 10.6 Å². The van der Waals surface area contributed by atoms with Crippen molar-refractivity contribution in [2.75, 3.05) is 0 Å². The molecule has 0 bridgehead atoms. The maximum atomic E-state index is 14.3. The lowest BCUT2D eigenvalue weighted by Gasteiger charge is -2.21. The minimum atomic E-state index is -0.127. The minimum absolute atomic E-state index is 0.0166. The normalized spacial score (nSPS) is 17.6. The Bertz CT molecular complexity index is 2070. The van der Waals surface area contributed by atoms with E-state index in [9.17, 15) is 4.79 Å². The number of aromatic nitrogens is 1. The van der Waals surface area contributed by atoms with Gasteiger partial charge in [0.2, 0.25) is 0 Å². The van der Waals surface area contributed by atoms with Gasteiger partial charge in [0.1, 0.15) is 5.49 Å². The number of fused-ring (bicyclic) bond motifs is 4. The number of allylic oxidation sites excluding steroid dienone is 2. The molecule has 39 heavy (non-hydrogen) atoms. The van der Waals surface area contributed by atoms with E-state index in [0.717, 1.165) is 60.4 Å². The first-order valence-corrected chi connectivity index (χ1v) is 13.3. The minimum Gasteiger partial charge on any atom is -0.283 e. The highest BCUT2D eigenvalue weighted by Gasteiger charge is 2.31. The smallest absolute Gasteiger partial charge is 0.260 e. The van der Waals surface area contributed by atoms with Crippen LogP contribution in [0.2, 0.25) is 0 Å². The average Bonchev–Trinajstić information content (AvgIpc) is 3.40. The molecule has 2 heterocycles. The molecular formula is C36H24N2O. The fourth-order valence-electron chi connectivity index (χ4n) is 6.24. The third-order valence-electron chi connectivity index (χ3n) is 8.07. The number of benzene rings is 5. The van der Waals surface area contributed by atoms with E-state index in [-0.39, 0.29) is 17.6 Å². The number of nitrogens with zero attached hydrogens (tertiary/aromatic N) is 2. The molecule has 0 amide bonds. The summed E-state index contributed by atoms with van der Waals surface area (Å²) in [7, 11) is 0. The summed E-state index contributed by atoms with van der Waals surface area (Å²) in [6.45, 7) is 0. The molecule has 5 aromatic carbocycles. The Morgan fingerprint density at radius 2 is 1.26 bits per heavy atom. The third kappa shape index (κ3) is 3.37. The summed E-state index contributed by atoms with van der Waals surface area (Å²) in [5.74, 6) is 0. The number of hydrogen-bond acceptors (Lipinski definition) is 2. The van der Waals surface area contributed by atoms with Crippen LogP contribution in [0.25, 0.3) is 49.4 Å². The van der Waals surface area contributed by atoms with Gasteiger partial charge >= 0.3 is 0 Å². The van der Waals surface area contributed by atoms with Gasteiger partial charge in [-0.2, -0.15) is 0 Å². The van der Waals surface area contributed by atoms with Crippen LogP contribution < -0.4 is 11.0 Å². The van der Waals surface area contributed by atoms with Crippen molar-refractivity contribution in [1.82, 2.24) is 4.57 Å². The lowest BCUT2D eigenvalue weighted by atomic mass is 9.90. The lowest BCUT2D eigenvalue weighted by Crippen LogP contribution is -2.34. The van der Waals surface area contributed by atoms with E-state index in [0.29, 0.717) is 0 Å². The molecule has 8 rings (SSSR count). The van der Waals surface area contributed by atoms with Crippen LogP contribution in [0, 0.1) is 0 Å². The van der Waals surface area contributed by atoms with Gasteiger partial charge in [-0.05, 0) is 63.1 Å². The molecule has 0 saturated carbocycles. The van der Waals surface area contributed by atoms with E-state index in [1.165, 1.54) is 0 Å². The van der Waals surface area contributed by atoms with E-state index in [1.54, 1.807) is 0 Å². The molecule has 3 heteroatoms. The molecule has 6 aromatic rings. The van der Waals surface area contributed by atoms with Crippen molar-refractivity contribution in [3.8, 4) is 22.3 Å². The molecule has 1 aromatic heterocycles. The van der Waals surface area contributed by atoms with Gasteiger partial charge in [-0.1, -0.05) is 109 Å². The second-order valence-electron chi connectivity index (χ2n) is 10.3. The molecule has 1 aliphatic carbocycles. The molecule has 0 radical (unpaired) electrons. The van der Waals surface area contributed by atoms with Gasteiger partial charge in [-0.25, -0.2) is 0 Å². The van der Waals surface area contributed by atoms with E-state index in [1.807, 2.05) is 34.9 Å². The maximum absolute atomic E-state index is 14.3. The Morgan fingerprint density at radius 1 is 0.615 bits per heavy atom. The molecule has 2 atom stereocenters. The van der Waals surface area contributed by atoms with Crippen molar-refractivity contribution in [3.63, 3.8) is 0 Å². The Labute approximate surface area is 225 Å². The summed E-state index contributed by atoms with van der Waals surface area (Å²) in [6, 6.07) is 39.5. The van der Waals surface area contributed by atoms with Crippen LogP contribution in [0.4, 0.5) is 0 Å². The van der Waals surface area contributed by atoms with Gasteiger partial charge in [0.05, 0.1) is 12.1 Å².